The van der Waals surface area contributed by atoms with E-state index in [9.17, 15) is 4.39 Å². The zero-order valence-corrected chi connectivity index (χ0v) is 11.2. The highest BCUT2D eigenvalue weighted by Gasteiger charge is 2.13. The van der Waals surface area contributed by atoms with Crippen LogP contribution < -0.4 is 10.5 Å². The number of ether oxygens (including phenoxy) is 1. The van der Waals surface area contributed by atoms with Crippen LogP contribution in [-0.2, 0) is 0 Å². The van der Waals surface area contributed by atoms with Gasteiger partial charge in [-0.1, -0.05) is 29.8 Å². The van der Waals surface area contributed by atoms with Crippen LogP contribution in [0.1, 0.15) is 29.7 Å². The molecule has 2 aromatic carbocycles. The van der Waals surface area contributed by atoms with Gasteiger partial charge in [0.05, 0.1) is 12.6 Å². The first-order valence-electron chi connectivity index (χ1n) is 6.36. The molecule has 0 aliphatic heterocycles. The van der Waals surface area contributed by atoms with Crippen LogP contribution in [0.5, 0.6) is 5.75 Å². The number of aryl methyl sites for hydroxylation is 1. The molecule has 2 N–H and O–H groups in total. The molecule has 0 saturated carbocycles. The second-order valence-corrected chi connectivity index (χ2v) is 4.50. The van der Waals surface area contributed by atoms with Crippen LogP contribution in [0, 0.1) is 12.7 Å². The van der Waals surface area contributed by atoms with Crippen molar-refractivity contribution in [1.29, 1.82) is 0 Å². The molecular weight excluding hydrogens is 241 g/mol. The van der Waals surface area contributed by atoms with Crippen LogP contribution in [0.2, 0.25) is 0 Å². The summed E-state index contributed by atoms with van der Waals surface area (Å²) in [5.41, 5.74) is 8.51. The second kappa shape index (κ2) is 5.85. The Bertz CT molecular complexity index is 551. The lowest BCUT2D eigenvalue weighted by molar-refractivity contribution is 0.340. The zero-order chi connectivity index (χ0) is 13.8. The van der Waals surface area contributed by atoms with E-state index < -0.39 is 6.04 Å². The predicted octanol–water partition coefficient (Wildman–Crippen LogP) is 3.58. The first kappa shape index (κ1) is 13.6. The minimum atomic E-state index is -0.462. The van der Waals surface area contributed by atoms with E-state index in [1.165, 1.54) is 6.07 Å². The van der Waals surface area contributed by atoms with Gasteiger partial charge in [0.2, 0.25) is 0 Å². The van der Waals surface area contributed by atoms with Gasteiger partial charge < -0.3 is 10.5 Å². The number of halogens is 1. The number of benzene rings is 2. The van der Waals surface area contributed by atoms with Crippen LogP contribution in [0.25, 0.3) is 0 Å². The Kier molecular flexibility index (Phi) is 4.17. The van der Waals surface area contributed by atoms with Gasteiger partial charge >= 0.3 is 0 Å². The van der Waals surface area contributed by atoms with Crippen molar-refractivity contribution in [2.24, 2.45) is 5.73 Å². The Morgan fingerprint density at radius 2 is 1.84 bits per heavy atom. The van der Waals surface area contributed by atoms with Gasteiger partial charge in [0, 0.05) is 5.56 Å². The number of hydrogen-bond donors (Lipinski definition) is 1. The van der Waals surface area contributed by atoms with E-state index >= 15 is 0 Å². The Hall–Kier alpha value is -1.87. The van der Waals surface area contributed by atoms with Crippen molar-refractivity contribution in [2.75, 3.05) is 6.61 Å². The Morgan fingerprint density at radius 3 is 2.47 bits per heavy atom. The smallest absolute Gasteiger partial charge is 0.128 e. The first-order chi connectivity index (χ1) is 9.11. The third kappa shape index (κ3) is 3.12. The molecule has 0 aliphatic carbocycles. The molecule has 0 fully saturated rings. The fraction of sp³-hybridized carbons (Fsp3) is 0.250. The van der Waals surface area contributed by atoms with Gasteiger partial charge in [0.15, 0.2) is 0 Å². The van der Waals surface area contributed by atoms with Gasteiger partial charge in [-0.3, -0.25) is 0 Å². The van der Waals surface area contributed by atoms with Crippen molar-refractivity contribution in [1.82, 2.24) is 0 Å². The molecule has 2 rings (SSSR count). The van der Waals surface area contributed by atoms with Crippen molar-refractivity contribution in [2.45, 2.75) is 19.9 Å². The van der Waals surface area contributed by atoms with Gasteiger partial charge in [0.1, 0.15) is 11.6 Å². The van der Waals surface area contributed by atoms with E-state index in [-0.39, 0.29) is 5.82 Å². The first-order valence-corrected chi connectivity index (χ1v) is 6.36. The maximum Gasteiger partial charge on any atom is 0.128 e. The fourth-order valence-corrected chi connectivity index (χ4v) is 2.02. The van der Waals surface area contributed by atoms with Crippen molar-refractivity contribution in [3.63, 3.8) is 0 Å². The molecule has 2 aromatic rings. The summed E-state index contributed by atoms with van der Waals surface area (Å²) >= 11 is 0. The summed E-state index contributed by atoms with van der Waals surface area (Å²) in [5, 5.41) is 0. The zero-order valence-electron chi connectivity index (χ0n) is 11.2. The maximum absolute atomic E-state index is 13.8. The average molecular weight is 259 g/mol. The monoisotopic (exact) mass is 259 g/mol. The van der Waals surface area contributed by atoms with Gasteiger partial charge in [-0.15, -0.1) is 0 Å². The third-order valence-electron chi connectivity index (χ3n) is 3.04. The lowest BCUT2D eigenvalue weighted by Crippen LogP contribution is -2.13. The van der Waals surface area contributed by atoms with Crippen LogP contribution >= 0.6 is 0 Å². The highest BCUT2D eigenvalue weighted by molar-refractivity contribution is 5.37. The van der Waals surface area contributed by atoms with Crippen molar-refractivity contribution >= 4 is 0 Å². The Morgan fingerprint density at radius 1 is 1.16 bits per heavy atom. The number of hydrogen-bond acceptors (Lipinski definition) is 2. The molecule has 0 radical (unpaired) electrons. The highest BCUT2D eigenvalue weighted by atomic mass is 19.1. The molecule has 100 valence electrons. The predicted molar refractivity (Wildman–Crippen MR) is 74.8 cm³/mol. The van der Waals surface area contributed by atoms with Crippen LogP contribution in [0.3, 0.4) is 0 Å². The Balaban J connectivity index is 2.27. The summed E-state index contributed by atoms with van der Waals surface area (Å²) in [6.45, 7) is 4.48. The normalized spacial score (nSPS) is 12.2. The summed E-state index contributed by atoms with van der Waals surface area (Å²) in [7, 11) is 0. The molecule has 3 heteroatoms. The summed E-state index contributed by atoms with van der Waals surface area (Å²) in [6.07, 6.45) is 0. The van der Waals surface area contributed by atoms with Crippen LogP contribution in [-0.4, -0.2) is 6.61 Å². The van der Waals surface area contributed by atoms with E-state index in [4.69, 9.17) is 10.5 Å². The van der Waals surface area contributed by atoms with Crippen molar-refractivity contribution < 1.29 is 9.13 Å². The summed E-state index contributed by atoms with van der Waals surface area (Å²) in [5.74, 6) is 0.523. The van der Waals surface area contributed by atoms with Crippen molar-refractivity contribution in [3.05, 3.63) is 65.0 Å². The average Bonchev–Trinajstić information content (AvgIpc) is 2.42. The van der Waals surface area contributed by atoms with E-state index in [1.807, 2.05) is 38.1 Å². The second-order valence-electron chi connectivity index (χ2n) is 4.50. The third-order valence-corrected chi connectivity index (χ3v) is 3.04. The molecule has 0 saturated heterocycles. The van der Waals surface area contributed by atoms with Gasteiger partial charge in [-0.25, -0.2) is 4.39 Å². The quantitative estimate of drug-likeness (QED) is 0.910. The van der Waals surface area contributed by atoms with E-state index in [1.54, 1.807) is 12.1 Å². The van der Waals surface area contributed by atoms with E-state index in [2.05, 4.69) is 0 Å². The van der Waals surface area contributed by atoms with E-state index in [0.29, 0.717) is 12.2 Å². The van der Waals surface area contributed by atoms with E-state index in [0.717, 1.165) is 16.9 Å². The van der Waals surface area contributed by atoms with Crippen molar-refractivity contribution in [3.8, 4) is 5.75 Å². The molecule has 0 spiro atoms. The SMILES string of the molecule is CCOc1ccc(C(N)c2cc(C)ccc2F)cc1. The van der Waals surface area contributed by atoms with Gasteiger partial charge in [-0.05, 0) is 37.6 Å². The molecular formula is C16H18FNO. The molecule has 0 aliphatic rings. The minimum Gasteiger partial charge on any atom is -0.494 e. The largest absolute Gasteiger partial charge is 0.494 e. The molecule has 2 nitrogen and oxygen atoms in total. The molecule has 0 heterocycles. The Labute approximate surface area is 113 Å². The summed E-state index contributed by atoms with van der Waals surface area (Å²) in [4.78, 5) is 0. The van der Waals surface area contributed by atoms with Gasteiger partial charge in [0.25, 0.3) is 0 Å². The summed E-state index contributed by atoms with van der Waals surface area (Å²) < 4.78 is 19.2. The fourth-order valence-electron chi connectivity index (χ4n) is 2.02. The number of rotatable bonds is 4. The topological polar surface area (TPSA) is 35.2 Å². The highest BCUT2D eigenvalue weighted by Crippen LogP contribution is 2.24. The lowest BCUT2D eigenvalue weighted by atomic mass is 9.97. The maximum atomic E-state index is 13.8. The lowest BCUT2D eigenvalue weighted by Gasteiger charge is -2.15. The number of nitrogens with two attached hydrogens (primary N) is 1. The molecule has 0 bridgehead atoms. The van der Waals surface area contributed by atoms with Crippen LogP contribution in [0.15, 0.2) is 42.5 Å². The molecule has 0 amide bonds. The summed E-state index contributed by atoms with van der Waals surface area (Å²) in [6, 6.07) is 12.0. The molecule has 0 aromatic heterocycles. The standard InChI is InChI=1S/C16H18FNO/c1-3-19-13-7-5-12(6-8-13)16(18)14-10-11(2)4-9-15(14)17/h4-10,16H,3,18H2,1-2H3. The molecule has 19 heavy (non-hydrogen) atoms. The van der Waals surface area contributed by atoms with Gasteiger partial charge in [-0.2, -0.15) is 0 Å². The molecule has 1 atom stereocenters. The minimum absolute atomic E-state index is 0.271. The van der Waals surface area contributed by atoms with Crippen LogP contribution in [0.4, 0.5) is 4.39 Å². The molecule has 1 unspecified atom stereocenters.